The summed E-state index contributed by atoms with van der Waals surface area (Å²) in [4.78, 5) is 19.8. The van der Waals surface area contributed by atoms with Gasteiger partial charge >= 0.3 is 0 Å². The number of benzene rings is 2. The van der Waals surface area contributed by atoms with Crippen LogP contribution >= 0.6 is 11.6 Å². The third-order valence-electron chi connectivity index (χ3n) is 3.85. The van der Waals surface area contributed by atoms with E-state index in [1.807, 2.05) is 32.0 Å². The number of alkyl halides is 1. The summed E-state index contributed by atoms with van der Waals surface area (Å²) in [6.07, 6.45) is 0. The van der Waals surface area contributed by atoms with Crippen LogP contribution in [0.2, 0.25) is 0 Å². The maximum absolute atomic E-state index is 12.3. The van der Waals surface area contributed by atoms with Crippen molar-refractivity contribution < 1.29 is 22.6 Å². The Bertz CT molecular complexity index is 883. The van der Waals surface area contributed by atoms with E-state index in [0.717, 1.165) is 23.8 Å². The molecule has 1 N–H and O–H groups in total. The van der Waals surface area contributed by atoms with E-state index in [2.05, 4.69) is 4.90 Å². The molecule has 2 rings (SSSR count). The van der Waals surface area contributed by atoms with Crippen LogP contribution in [0.3, 0.4) is 0 Å². The Hall–Kier alpha value is -2.29. The van der Waals surface area contributed by atoms with E-state index in [4.69, 9.17) is 21.0 Å². The van der Waals surface area contributed by atoms with E-state index in [1.54, 1.807) is 6.07 Å². The molecule has 9 heteroatoms. The van der Waals surface area contributed by atoms with Crippen molar-refractivity contribution in [2.45, 2.75) is 18.7 Å². The topological polar surface area (TPSA) is 87.2 Å². The molecular formula is C18H21ClN2O5S. The first kappa shape index (κ1) is 21.0. The molecule has 2 aromatic rings. The second-order valence-corrected chi connectivity index (χ2v) is 7.24. The molecule has 0 fully saturated rings. The lowest BCUT2D eigenvalue weighted by Crippen LogP contribution is -2.35. The number of rotatable bonds is 8. The van der Waals surface area contributed by atoms with Gasteiger partial charge < -0.3 is 9.74 Å². The molecule has 0 heterocycles. The van der Waals surface area contributed by atoms with Crippen molar-refractivity contribution in [1.29, 1.82) is 0 Å². The highest BCUT2D eigenvalue weighted by Gasteiger charge is 2.19. The van der Waals surface area contributed by atoms with Crippen molar-refractivity contribution >= 4 is 39.0 Å². The minimum atomic E-state index is -4.30. The van der Waals surface area contributed by atoms with Crippen molar-refractivity contribution in [2.75, 3.05) is 28.9 Å². The molecule has 1 amide bonds. The largest absolute Gasteiger partial charge is 0.372 e. The number of hydrogen-bond donors (Lipinski definition) is 1. The fraction of sp³-hybridized carbons (Fsp3) is 0.278. The quantitative estimate of drug-likeness (QED) is 0.406. The number of carbonyl (C=O) groups excluding carboxylic acids is 1. The second kappa shape index (κ2) is 9.07. The summed E-state index contributed by atoms with van der Waals surface area (Å²) in [5.41, 5.74) is 1.42. The number of nitrogens with zero attached hydrogens (tertiary/aromatic N) is 2. The number of halogens is 1. The van der Waals surface area contributed by atoms with E-state index >= 15 is 0 Å². The normalized spacial score (nSPS) is 11.1. The monoisotopic (exact) mass is 412 g/mol. The van der Waals surface area contributed by atoms with Gasteiger partial charge in [0.15, 0.2) is 5.75 Å². The van der Waals surface area contributed by atoms with Crippen LogP contribution in [0.4, 0.5) is 11.4 Å². The SMILES string of the molecule is CCN(CC)c1cccc(N(Oc2ccc(S(=O)(=O)O)cc2)C(=O)CCl)c1. The van der Waals surface area contributed by atoms with Crippen LogP contribution in [0.1, 0.15) is 13.8 Å². The molecule has 2 aromatic carbocycles. The summed E-state index contributed by atoms with van der Waals surface area (Å²) >= 11 is 5.71. The fourth-order valence-corrected chi connectivity index (χ4v) is 3.07. The highest BCUT2D eigenvalue weighted by molar-refractivity contribution is 7.85. The number of amides is 1. The Morgan fingerprint density at radius 2 is 1.67 bits per heavy atom. The maximum atomic E-state index is 12.3. The van der Waals surface area contributed by atoms with Gasteiger partial charge in [0.05, 0.1) is 10.6 Å². The van der Waals surface area contributed by atoms with Gasteiger partial charge in [0, 0.05) is 18.8 Å². The summed E-state index contributed by atoms with van der Waals surface area (Å²) in [7, 11) is -4.30. The van der Waals surface area contributed by atoms with Crippen LogP contribution < -0.4 is 14.8 Å². The van der Waals surface area contributed by atoms with Crippen LogP contribution in [0, 0.1) is 0 Å². The van der Waals surface area contributed by atoms with Crippen molar-refractivity contribution in [3.05, 3.63) is 48.5 Å². The zero-order valence-electron chi connectivity index (χ0n) is 15.0. The van der Waals surface area contributed by atoms with E-state index < -0.39 is 16.0 Å². The Labute approximate surface area is 163 Å². The zero-order valence-corrected chi connectivity index (χ0v) is 16.6. The van der Waals surface area contributed by atoms with Crippen LogP contribution in [0.5, 0.6) is 5.75 Å². The molecular weight excluding hydrogens is 392 g/mol. The molecule has 7 nitrogen and oxygen atoms in total. The highest BCUT2D eigenvalue weighted by atomic mass is 35.5. The van der Waals surface area contributed by atoms with Gasteiger partial charge in [0.25, 0.3) is 16.0 Å². The number of carbonyl (C=O) groups is 1. The predicted octanol–water partition coefficient (Wildman–Crippen LogP) is 3.35. The van der Waals surface area contributed by atoms with Gasteiger partial charge in [-0.05, 0) is 56.3 Å². The summed E-state index contributed by atoms with van der Waals surface area (Å²) in [5.74, 6) is -0.556. The van der Waals surface area contributed by atoms with Crippen molar-refractivity contribution in [3.63, 3.8) is 0 Å². The lowest BCUT2D eigenvalue weighted by Gasteiger charge is -2.25. The van der Waals surface area contributed by atoms with Gasteiger partial charge in [-0.15, -0.1) is 16.7 Å². The van der Waals surface area contributed by atoms with Gasteiger partial charge in [0.1, 0.15) is 5.88 Å². The molecule has 146 valence electrons. The third kappa shape index (κ3) is 5.35. The molecule has 0 saturated heterocycles. The fourth-order valence-electron chi connectivity index (χ4n) is 2.48. The van der Waals surface area contributed by atoms with E-state index in [-0.39, 0.29) is 16.5 Å². The van der Waals surface area contributed by atoms with Gasteiger partial charge in [-0.2, -0.15) is 8.42 Å². The Balaban J connectivity index is 2.34. The maximum Gasteiger partial charge on any atom is 0.294 e. The minimum absolute atomic E-state index is 0.217. The number of hydroxylamine groups is 1. The molecule has 0 aliphatic rings. The van der Waals surface area contributed by atoms with Crippen LogP contribution in [0.25, 0.3) is 0 Å². The Morgan fingerprint density at radius 3 is 2.19 bits per heavy atom. The van der Waals surface area contributed by atoms with Gasteiger partial charge in [0.2, 0.25) is 0 Å². The number of hydrogen-bond acceptors (Lipinski definition) is 5. The summed E-state index contributed by atoms with van der Waals surface area (Å²) < 4.78 is 31.3. The summed E-state index contributed by atoms with van der Waals surface area (Å²) in [6.45, 7) is 5.68. The number of anilines is 2. The first-order valence-corrected chi connectivity index (χ1v) is 10.3. The lowest BCUT2D eigenvalue weighted by atomic mass is 10.2. The van der Waals surface area contributed by atoms with Gasteiger partial charge in [-0.1, -0.05) is 6.07 Å². The molecule has 0 radical (unpaired) electrons. The summed E-state index contributed by atoms with van der Waals surface area (Å²) in [5, 5.41) is 1.06. The Kier molecular flexibility index (Phi) is 7.06. The molecule has 0 atom stereocenters. The third-order valence-corrected chi connectivity index (χ3v) is 4.95. The van der Waals surface area contributed by atoms with E-state index in [0.29, 0.717) is 5.69 Å². The average Bonchev–Trinajstić information content (AvgIpc) is 2.66. The standard InChI is InChI=1S/C18H21ClN2O5S/c1-3-20(4-2)14-6-5-7-15(12-14)21(18(22)13-19)26-16-8-10-17(11-9-16)27(23,24)25/h5-12H,3-4,13H2,1-2H3,(H,23,24,25). The summed E-state index contributed by atoms with van der Waals surface area (Å²) in [6, 6.07) is 12.3. The molecule has 27 heavy (non-hydrogen) atoms. The smallest absolute Gasteiger partial charge is 0.294 e. The zero-order chi connectivity index (χ0) is 20.0. The highest BCUT2D eigenvalue weighted by Crippen LogP contribution is 2.25. The minimum Gasteiger partial charge on any atom is -0.372 e. The van der Waals surface area contributed by atoms with Crippen molar-refractivity contribution in [3.8, 4) is 5.75 Å². The molecule has 0 spiro atoms. The van der Waals surface area contributed by atoms with Gasteiger partial charge in [-0.3, -0.25) is 9.35 Å². The predicted molar refractivity (Wildman–Crippen MR) is 105 cm³/mol. The lowest BCUT2D eigenvalue weighted by molar-refractivity contribution is -0.120. The van der Waals surface area contributed by atoms with E-state index in [1.165, 1.54) is 24.3 Å². The molecule has 0 aromatic heterocycles. The first-order chi connectivity index (χ1) is 12.8. The van der Waals surface area contributed by atoms with Crippen LogP contribution in [-0.4, -0.2) is 37.8 Å². The molecule has 0 aliphatic carbocycles. The second-order valence-electron chi connectivity index (χ2n) is 5.55. The van der Waals surface area contributed by atoms with Crippen molar-refractivity contribution in [1.82, 2.24) is 0 Å². The Morgan fingerprint density at radius 1 is 1.07 bits per heavy atom. The average molecular weight is 413 g/mol. The molecule has 0 unspecified atom stereocenters. The van der Waals surface area contributed by atoms with Crippen LogP contribution in [-0.2, 0) is 14.9 Å². The van der Waals surface area contributed by atoms with Gasteiger partial charge in [-0.25, -0.2) is 0 Å². The molecule has 0 bridgehead atoms. The first-order valence-electron chi connectivity index (χ1n) is 8.29. The van der Waals surface area contributed by atoms with E-state index in [9.17, 15) is 13.2 Å². The van der Waals surface area contributed by atoms with Crippen molar-refractivity contribution in [2.24, 2.45) is 0 Å². The molecule has 0 aliphatic heterocycles. The molecule has 0 saturated carbocycles. The van der Waals surface area contributed by atoms with Crippen LogP contribution in [0.15, 0.2) is 53.4 Å².